The molecule has 2 aromatic carbocycles. The van der Waals surface area contributed by atoms with E-state index < -0.39 is 0 Å². The van der Waals surface area contributed by atoms with Crippen LogP contribution in [-0.2, 0) is 11.2 Å². The van der Waals surface area contributed by atoms with E-state index in [0.29, 0.717) is 12.3 Å². The molecule has 0 aliphatic heterocycles. The molecule has 0 saturated heterocycles. The van der Waals surface area contributed by atoms with E-state index in [1.54, 1.807) is 0 Å². The van der Waals surface area contributed by atoms with Crippen molar-refractivity contribution in [2.75, 3.05) is 5.32 Å². The number of carbonyl (C=O) groups excluding carboxylic acids is 1. The summed E-state index contributed by atoms with van der Waals surface area (Å²) in [5, 5.41) is 2.93. The van der Waals surface area contributed by atoms with Crippen LogP contribution in [0.1, 0.15) is 36.5 Å². The number of hydrogen-bond acceptors (Lipinski definition) is 1. The Hall–Kier alpha value is -2.09. The van der Waals surface area contributed by atoms with E-state index in [4.69, 9.17) is 0 Å². The Balaban J connectivity index is 1.97. The van der Waals surface area contributed by atoms with E-state index >= 15 is 0 Å². The van der Waals surface area contributed by atoms with Crippen molar-refractivity contribution in [3.05, 3.63) is 65.2 Å². The number of amides is 1. The summed E-state index contributed by atoms with van der Waals surface area (Å²) in [4.78, 5) is 12.0. The maximum atomic E-state index is 12.0. The number of benzene rings is 2. The van der Waals surface area contributed by atoms with E-state index in [-0.39, 0.29) is 5.91 Å². The molecule has 0 fully saturated rings. The van der Waals surface area contributed by atoms with Crippen molar-refractivity contribution in [1.29, 1.82) is 0 Å². The van der Waals surface area contributed by atoms with Crippen LogP contribution in [0, 0.1) is 6.92 Å². The van der Waals surface area contributed by atoms with Crippen LogP contribution in [0.2, 0.25) is 0 Å². The largest absolute Gasteiger partial charge is 0.326 e. The maximum Gasteiger partial charge on any atom is 0.228 e. The van der Waals surface area contributed by atoms with Gasteiger partial charge in [-0.1, -0.05) is 50.2 Å². The Bertz CT molecular complexity index is 585. The zero-order chi connectivity index (χ0) is 14.5. The van der Waals surface area contributed by atoms with Crippen LogP contribution in [-0.4, -0.2) is 5.91 Å². The molecule has 0 spiro atoms. The number of hydrogen-bond donors (Lipinski definition) is 1. The Morgan fingerprint density at radius 2 is 1.80 bits per heavy atom. The molecular weight excluding hydrogens is 246 g/mol. The van der Waals surface area contributed by atoms with Gasteiger partial charge in [0.15, 0.2) is 0 Å². The number of carbonyl (C=O) groups is 1. The first-order chi connectivity index (χ1) is 9.54. The minimum atomic E-state index is 0.0212. The van der Waals surface area contributed by atoms with Gasteiger partial charge in [0.1, 0.15) is 0 Å². The van der Waals surface area contributed by atoms with Gasteiger partial charge in [-0.2, -0.15) is 0 Å². The monoisotopic (exact) mass is 267 g/mol. The Morgan fingerprint density at radius 1 is 1.10 bits per heavy atom. The molecule has 2 heteroatoms. The molecule has 0 saturated carbocycles. The van der Waals surface area contributed by atoms with Crippen LogP contribution in [0.3, 0.4) is 0 Å². The molecule has 0 aromatic heterocycles. The van der Waals surface area contributed by atoms with Gasteiger partial charge in [-0.25, -0.2) is 0 Å². The molecule has 104 valence electrons. The van der Waals surface area contributed by atoms with Gasteiger partial charge in [0.05, 0.1) is 6.42 Å². The van der Waals surface area contributed by atoms with Gasteiger partial charge in [0.2, 0.25) is 5.91 Å². The van der Waals surface area contributed by atoms with Crippen LogP contribution >= 0.6 is 0 Å². The van der Waals surface area contributed by atoms with Crippen molar-refractivity contribution >= 4 is 11.6 Å². The molecule has 0 atom stereocenters. The van der Waals surface area contributed by atoms with Gasteiger partial charge in [-0.3, -0.25) is 4.79 Å². The second kappa shape index (κ2) is 6.38. The van der Waals surface area contributed by atoms with Crippen molar-refractivity contribution < 1.29 is 4.79 Å². The standard InChI is InChI=1S/C18H21NO/c1-13(2)16-9-7-15(8-10-16)12-18(20)19-17-6-4-5-14(3)11-17/h4-11,13H,12H2,1-3H3,(H,19,20). The van der Waals surface area contributed by atoms with Gasteiger partial charge in [-0.05, 0) is 41.7 Å². The molecule has 0 heterocycles. The summed E-state index contributed by atoms with van der Waals surface area (Å²) in [6.45, 7) is 6.35. The Labute approximate surface area is 120 Å². The number of anilines is 1. The third kappa shape index (κ3) is 3.95. The lowest BCUT2D eigenvalue weighted by Crippen LogP contribution is -2.14. The van der Waals surface area contributed by atoms with Gasteiger partial charge in [-0.15, -0.1) is 0 Å². The molecule has 0 unspecified atom stereocenters. The lowest BCUT2D eigenvalue weighted by atomic mass is 10.0. The zero-order valence-electron chi connectivity index (χ0n) is 12.3. The summed E-state index contributed by atoms with van der Waals surface area (Å²) in [6, 6.07) is 16.1. The van der Waals surface area contributed by atoms with Crippen LogP contribution in [0.4, 0.5) is 5.69 Å². The predicted molar refractivity (Wildman–Crippen MR) is 84.0 cm³/mol. The first-order valence-electron chi connectivity index (χ1n) is 7.00. The van der Waals surface area contributed by atoms with Gasteiger partial charge < -0.3 is 5.32 Å². The summed E-state index contributed by atoms with van der Waals surface area (Å²) < 4.78 is 0. The van der Waals surface area contributed by atoms with Crippen molar-refractivity contribution in [3.63, 3.8) is 0 Å². The first kappa shape index (κ1) is 14.3. The van der Waals surface area contributed by atoms with E-state index in [2.05, 4.69) is 31.3 Å². The molecular formula is C18H21NO. The van der Waals surface area contributed by atoms with Crippen LogP contribution in [0.5, 0.6) is 0 Å². The SMILES string of the molecule is Cc1cccc(NC(=O)Cc2ccc(C(C)C)cc2)c1. The van der Waals surface area contributed by atoms with Crippen molar-refractivity contribution in [1.82, 2.24) is 0 Å². The Kier molecular flexibility index (Phi) is 4.57. The summed E-state index contributed by atoms with van der Waals surface area (Å²) in [7, 11) is 0. The smallest absolute Gasteiger partial charge is 0.228 e. The maximum absolute atomic E-state index is 12.0. The molecule has 2 aromatic rings. The highest BCUT2D eigenvalue weighted by Gasteiger charge is 2.05. The lowest BCUT2D eigenvalue weighted by Gasteiger charge is -2.08. The average Bonchev–Trinajstić information content (AvgIpc) is 2.39. The summed E-state index contributed by atoms with van der Waals surface area (Å²) in [5.74, 6) is 0.540. The Morgan fingerprint density at radius 3 is 2.40 bits per heavy atom. The fourth-order valence-corrected chi connectivity index (χ4v) is 2.13. The van der Waals surface area contributed by atoms with Crippen molar-refractivity contribution in [3.8, 4) is 0 Å². The lowest BCUT2D eigenvalue weighted by molar-refractivity contribution is -0.115. The quantitative estimate of drug-likeness (QED) is 0.879. The van der Waals surface area contributed by atoms with Crippen LogP contribution < -0.4 is 5.32 Å². The molecule has 20 heavy (non-hydrogen) atoms. The topological polar surface area (TPSA) is 29.1 Å². The fraction of sp³-hybridized carbons (Fsp3) is 0.278. The van der Waals surface area contributed by atoms with E-state index in [0.717, 1.165) is 16.8 Å². The van der Waals surface area contributed by atoms with Gasteiger partial charge >= 0.3 is 0 Å². The van der Waals surface area contributed by atoms with E-state index in [1.165, 1.54) is 5.56 Å². The summed E-state index contributed by atoms with van der Waals surface area (Å²) >= 11 is 0. The molecule has 0 radical (unpaired) electrons. The van der Waals surface area contributed by atoms with Gasteiger partial charge in [0, 0.05) is 5.69 Å². The van der Waals surface area contributed by atoms with E-state index in [1.807, 2.05) is 43.3 Å². The molecule has 2 nitrogen and oxygen atoms in total. The second-order valence-electron chi connectivity index (χ2n) is 5.49. The first-order valence-corrected chi connectivity index (χ1v) is 7.00. The average molecular weight is 267 g/mol. The number of rotatable bonds is 4. The highest BCUT2D eigenvalue weighted by atomic mass is 16.1. The molecule has 0 aliphatic carbocycles. The van der Waals surface area contributed by atoms with Crippen molar-refractivity contribution in [2.24, 2.45) is 0 Å². The summed E-state index contributed by atoms with van der Waals surface area (Å²) in [6.07, 6.45) is 0.409. The normalized spacial score (nSPS) is 10.6. The number of aryl methyl sites for hydroxylation is 1. The highest BCUT2D eigenvalue weighted by Crippen LogP contribution is 2.15. The molecule has 1 amide bonds. The molecule has 0 aliphatic rings. The minimum Gasteiger partial charge on any atom is -0.326 e. The molecule has 2 rings (SSSR count). The third-order valence-corrected chi connectivity index (χ3v) is 3.31. The molecule has 0 bridgehead atoms. The van der Waals surface area contributed by atoms with Crippen LogP contribution in [0.15, 0.2) is 48.5 Å². The zero-order valence-corrected chi connectivity index (χ0v) is 12.3. The second-order valence-corrected chi connectivity index (χ2v) is 5.49. The van der Waals surface area contributed by atoms with Crippen molar-refractivity contribution in [2.45, 2.75) is 33.1 Å². The predicted octanol–water partition coefficient (Wildman–Crippen LogP) is 4.30. The summed E-state index contributed by atoms with van der Waals surface area (Å²) in [5.41, 5.74) is 4.34. The van der Waals surface area contributed by atoms with Crippen LogP contribution in [0.25, 0.3) is 0 Å². The highest BCUT2D eigenvalue weighted by molar-refractivity contribution is 5.92. The molecule has 1 N–H and O–H groups in total. The minimum absolute atomic E-state index is 0.0212. The van der Waals surface area contributed by atoms with Gasteiger partial charge in [0.25, 0.3) is 0 Å². The third-order valence-electron chi connectivity index (χ3n) is 3.31. The fourth-order valence-electron chi connectivity index (χ4n) is 2.13. The van der Waals surface area contributed by atoms with E-state index in [9.17, 15) is 4.79 Å². The number of nitrogens with one attached hydrogen (secondary N) is 1.